The lowest BCUT2D eigenvalue weighted by Gasteiger charge is -2.38. The molecular formula is C37H47N3O5S. The molecule has 0 aliphatic carbocycles. The van der Waals surface area contributed by atoms with E-state index in [0.717, 1.165) is 29.0 Å². The van der Waals surface area contributed by atoms with Crippen LogP contribution in [0.1, 0.15) is 50.7 Å². The molecule has 3 amide bonds. The summed E-state index contributed by atoms with van der Waals surface area (Å²) in [4.78, 5) is 49.6. The first kappa shape index (κ1) is 33.8. The third kappa shape index (κ3) is 5.66. The highest BCUT2D eigenvalue weighted by Gasteiger charge is 2.77. The fourth-order valence-corrected chi connectivity index (χ4v) is 10.4. The molecule has 3 fully saturated rings. The summed E-state index contributed by atoms with van der Waals surface area (Å²) in [6.07, 6.45) is 5.91. The Hall–Kier alpha value is -3.56. The zero-order chi connectivity index (χ0) is 33.2. The Morgan fingerprint density at radius 1 is 1.02 bits per heavy atom. The first-order valence-corrected chi connectivity index (χ1v) is 17.1. The van der Waals surface area contributed by atoms with Crippen LogP contribution in [0.15, 0.2) is 67.8 Å². The molecule has 246 valence electrons. The molecule has 5 rings (SSSR count). The third-order valence-electron chi connectivity index (χ3n) is 9.91. The van der Waals surface area contributed by atoms with Gasteiger partial charge >= 0.3 is 0 Å². The average molecular weight is 646 g/mol. The van der Waals surface area contributed by atoms with Gasteiger partial charge in [-0.2, -0.15) is 0 Å². The molecule has 1 spiro atoms. The number of carbonyl (C=O) groups excluding carboxylic acids is 3. The van der Waals surface area contributed by atoms with E-state index in [1.165, 1.54) is 0 Å². The Morgan fingerprint density at radius 2 is 1.67 bits per heavy atom. The lowest BCUT2D eigenvalue weighted by Crippen LogP contribution is -2.55. The number of nitrogens with zero attached hydrogens (tertiary/aromatic N) is 3. The molecular weight excluding hydrogens is 598 g/mol. The van der Waals surface area contributed by atoms with Crippen LogP contribution in [0.25, 0.3) is 0 Å². The van der Waals surface area contributed by atoms with Crippen LogP contribution in [-0.4, -0.2) is 76.1 Å². The fraction of sp³-hybridized carbons (Fsp3) is 0.486. The van der Waals surface area contributed by atoms with Crippen molar-refractivity contribution in [1.29, 1.82) is 0 Å². The number of likely N-dealkylation sites (tertiary alicyclic amines) is 1. The van der Waals surface area contributed by atoms with Crippen molar-refractivity contribution in [3.05, 3.63) is 78.9 Å². The van der Waals surface area contributed by atoms with Gasteiger partial charge in [-0.1, -0.05) is 30.4 Å². The maximum absolute atomic E-state index is 15.0. The molecule has 2 bridgehead atoms. The number of unbranched alkanes of at least 4 members (excludes halogenated alkanes) is 1. The summed E-state index contributed by atoms with van der Waals surface area (Å²) in [5.41, 5.74) is 3.49. The van der Waals surface area contributed by atoms with Gasteiger partial charge in [-0.15, -0.1) is 24.9 Å². The van der Waals surface area contributed by atoms with Crippen molar-refractivity contribution in [2.24, 2.45) is 11.8 Å². The van der Waals surface area contributed by atoms with Crippen LogP contribution >= 0.6 is 11.8 Å². The van der Waals surface area contributed by atoms with Gasteiger partial charge in [-0.25, -0.2) is 0 Å². The maximum atomic E-state index is 15.0. The first-order valence-electron chi connectivity index (χ1n) is 16.3. The van der Waals surface area contributed by atoms with Gasteiger partial charge < -0.3 is 24.5 Å². The Kier molecular flexibility index (Phi) is 10.0. The summed E-state index contributed by atoms with van der Waals surface area (Å²) >= 11 is 1.67. The van der Waals surface area contributed by atoms with Crippen LogP contribution in [0.2, 0.25) is 0 Å². The van der Waals surface area contributed by atoms with E-state index >= 15 is 0 Å². The van der Waals surface area contributed by atoms with Crippen molar-refractivity contribution >= 4 is 40.9 Å². The number of ether oxygens (including phenoxy) is 1. The Morgan fingerprint density at radius 3 is 2.28 bits per heavy atom. The largest absolute Gasteiger partial charge is 0.494 e. The monoisotopic (exact) mass is 645 g/mol. The minimum Gasteiger partial charge on any atom is -0.494 e. The molecule has 3 aliphatic heterocycles. The van der Waals surface area contributed by atoms with E-state index in [1.54, 1.807) is 38.6 Å². The lowest BCUT2D eigenvalue weighted by atomic mass is 9.66. The zero-order valence-corrected chi connectivity index (χ0v) is 28.4. The smallest absolute Gasteiger partial charge is 0.251 e. The normalized spacial score (nSPS) is 26.2. The highest BCUT2D eigenvalue weighted by Crippen LogP contribution is 2.71. The van der Waals surface area contributed by atoms with Crippen LogP contribution in [0.5, 0.6) is 5.75 Å². The summed E-state index contributed by atoms with van der Waals surface area (Å²) in [6.45, 7) is 17.4. The van der Waals surface area contributed by atoms with Gasteiger partial charge in [0.15, 0.2) is 0 Å². The molecule has 5 atom stereocenters. The summed E-state index contributed by atoms with van der Waals surface area (Å²) < 4.78 is 4.35. The number of aliphatic hydroxyl groups is 1. The average Bonchev–Trinajstić information content (AvgIpc) is 3.60. The summed E-state index contributed by atoms with van der Waals surface area (Å²) in [5.74, 6) is -0.952. The second-order valence-electron chi connectivity index (χ2n) is 12.8. The molecule has 2 unspecified atom stereocenters. The summed E-state index contributed by atoms with van der Waals surface area (Å²) in [5, 5.41) is 9.57. The molecule has 9 heteroatoms. The van der Waals surface area contributed by atoms with Gasteiger partial charge in [0, 0.05) is 42.4 Å². The van der Waals surface area contributed by atoms with Crippen LogP contribution in [0, 0.1) is 25.7 Å². The van der Waals surface area contributed by atoms with E-state index in [2.05, 4.69) is 20.1 Å². The summed E-state index contributed by atoms with van der Waals surface area (Å²) in [6, 6.07) is 12.6. The van der Waals surface area contributed by atoms with E-state index in [0.29, 0.717) is 51.2 Å². The van der Waals surface area contributed by atoms with E-state index in [-0.39, 0.29) is 24.3 Å². The third-order valence-corrected chi connectivity index (χ3v) is 11.9. The Labute approximate surface area is 277 Å². The number of hydrogen-bond donors (Lipinski definition) is 1. The second kappa shape index (κ2) is 13.7. The zero-order valence-electron chi connectivity index (χ0n) is 27.5. The number of benzene rings is 2. The number of rotatable bonds is 14. The highest BCUT2D eigenvalue weighted by molar-refractivity contribution is 8.02. The quantitative estimate of drug-likeness (QED) is 0.210. The lowest BCUT2D eigenvalue weighted by molar-refractivity contribution is -0.139. The minimum absolute atomic E-state index is 0.00669. The molecule has 46 heavy (non-hydrogen) atoms. The number of para-hydroxylation sites is 1. The molecule has 3 aliphatic rings. The molecule has 2 aromatic carbocycles. The summed E-state index contributed by atoms with van der Waals surface area (Å²) in [7, 11) is 0. The van der Waals surface area contributed by atoms with E-state index in [1.807, 2.05) is 63.2 Å². The first-order chi connectivity index (χ1) is 22.1. The van der Waals surface area contributed by atoms with Crippen molar-refractivity contribution in [2.45, 2.75) is 68.9 Å². The van der Waals surface area contributed by atoms with Crippen molar-refractivity contribution in [1.82, 2.24) is 4.90 Å². The Bertz CT molecular complexity index is 1470. The number of fused-ring (bicyclic) bond motifs is 1. The predicted molar refractivity (Wildman–Crippen MR) is 185 cm³/mol. The number of aliphatic hydroxyl groups excluding tert-OH is 1. The maximum Gasteiger partial charge on any atom is 0.251 e. The van der Waals surface area contributed by atoms with Gasteiger partial charge in [0.2, 0.25) is 11.8 Å². The number of anilines is 2. The van der Waals surface area contributed by atoms with E-state index < -0.39 is 27.4 Å². The van der Waals surface area contributed by atoms with Crippen LogP contribution < -0.4 is 14.5 Å². The predicted octanol–water partition coefficient (Wildman–Crippen LogP) is 5.69. The van der Waals surface area contributed by atoms with Crippen molar-refractivity contribution in [3.63, 3.8) is 0 Å². The number of amides is 3. The standard InChI is InChI=1S/C37H47N3O5S/c1-7-21-38(27-15-17-28(18-16-27)45-9-3)33(42)29-30-34(43)40(23-10-11-24-41)32(37(30)20-19-36(29,6)46-37)35(44)39(22-8-2)31-25(4)13-12-14-26(31)5/h7-8,12-18,29-30,32,41H,1-2,9-11,19-24H2,3-6H3/t29-,30-,32?,36+,37?/m0/s1. The molecule has 0 saturated carbocycles. The minimum atomic E-state index is -0.753. The Balaban J connectivity index is 1.58. The van der Waals surface area contributed by atoms with Gasteiger partial charge in [-0.3, -0.25) is 14.4 Å². The number of thioether (sulfide) groups is 1. The topological polar surface area (TPSA) is 90.4 Å². The van der Waals surface area contributed by atoms with Gasteiger partial charge in [0.05, 0.1) is 23.2 Å². The van der Waals surface area contributed by atoms with E-state index in [4.69, 9.17) is 4.74 Å². The van der Waals surface area contributed by atoms with Crippen LogP contribution in [-0.2, 0) is 14.4 Å². The van der Waals surface area contributed by atoms with Crippen molar-refractivity contribution < 1.29 is 24.2 Å². The molecule has 2 aromatic rings. The molecule has 8 nitrogen and oxygen atoms in total. The highest BCUT2D eigenvalue weighted by atomic mass is 32.2. The number of carbonyl (C=O) groups is 3. The molecule has 3 heterocycles. The molecule has 1 N–H and O–H groups in total. The SMILES string of the molecule is C=CCN(C(=O)[C@@H]1[C@H]2C(=O)N(CCCCO)C(C(=O)N(CC=C)c3c(C)cccc3C)C23CC[C@@]1(C)S3)c1ccc(OCC)cc1. The number of hydrogen-bond acceptors (Lipinski definition) is 6. The van der Waals surface area contributed by atoms with Crippen LogP contribution in [0.4, 0.5) is 11.4 Å². The van der Waals surface area contributed by atoms with Gasteiger partial charge in [0.25, 0.3) is 5.91 Å². The molecule has 3 saturated heterocycles. The molecule has 0 radical (unpaired) electrons. The van der Waals surface area contributed by atoms with Crippen molar-refractivity contribution in [3.8, 4) is 5.75 Å². The van der Waals surface area contributed by atoms with Crippen LogP contribution in [0.3, 0.4) is 0 Å². The fourth-order valence-electron chi connectivity index (χ4n) is 8.02. The van der Waals surface area contributed by atoms with E-state index in [9.17, 15) is 19.5 Å². The second-order valence-corrected chi connectivity index (χ2v) is 14.7. The van der Waals surface area contributed by atoms with Gasteiger partial charge in [0.1, 0.15) is 11.8 Å². The molecule has 0 aromatic heterocycles. The van der Waals surface area contributed by atoms with Crippen molar-refractivity contribution in [2.75, 3.05) is 42.6 Å². The van der Waals surface area contributed by atoms with Gasteiger partial charge in [-0.05, 0) is 88.8 Å². The number of aryl methyl sites for hydroxylation is 2.